The maximum Gasteiger partial charge on any atom is 0.220 e. The number of rotatable bonds is 61. The molecule has 0 aliphatic carbocycles. The number of allylic oxidation sites excluding steroid dienone is 13. The van der Waals surface area contributed by atoms with E-state index in [2.05, 4.69) is 92.1 Å². The van der Waals surface area contributed by atoms with E-state index in [1.54, 1.807) is 6.08 Å². The summed E-state index contributed by atoms with van der Waals surface area (Å²) in [5, 5.41) is 54.8. The molecule has 1 rings (SSSR count). The summed E-state index contributed by atoms with van der Waals surface area (Å²) in [6, 6.07) is -0.828. The summed E-state index contributed by atoms with van der Waals surface area (Å²) in [4.78, 5) is 13.1. The van der Waals surface area contributed by atoms with E-state index in [1.807, 2.05) is 6.08 Å². The molecule has 1 saturated heterocycles. The van der Waals surface area contributed by atoms with Gasteiger partial charge in [-0.15, -0.1) is 0 Å². The Kier molecular flexibility index (Phi) is 59.0. The third-order valence-electron chi connectivity index (χ3n) is 16.5. The van der Waals surface area contributed by atoms with Crippen LogP contribution in [0.3, 0.4) is 0 Å². The van der Waals surface area contributed by atoms with Crippen molar-refractivity contribution >= 4 is 5.91 Å². The molecule has 9 nitrogen and oxygen atoms in total. The first-order chi connectivity index (χ1) is 40.8. The molecule has 1 aliphatic heterocycles. The minimum absolute atomic E-state index is 0.185. The second kappa shape index (κ2) is 62.4. The molecule has 7 atom stereocenters. The molecule has 0 aromatic carbocycles. The molecule has 482 valence electrons. The van der Waals surface area contributed by atoms with Gasteiger partial charge in [0.15, 0.2) is 6.29 Å². The highest BCUT2D eigenvalue weighted by atomic mass is 16.7. The van der Waals surface area contributed by atoms with Crippen LogP contribution in [-0.2, 0) is 14.3 Å². The highest BCUT2D eigenvalue weighted by Gasteiger charge is 2.44. The highest BCUT2D eigenvalue weighted by molar-refractivity contribution is 5.76. The Morgan fingerprint density at radius 3 is 1.16 bits per heavy atom. The van der Waals surface area contributed by atoms with Gasteiger partial charge in [-0.3, -0.25) is 4.79 Å². The number of carbonyl (C=O) groups excluding carboxylic acids is 1. The first-order valence-electron chi connectivity index (χ1n) is 35.3. The van der Waals surface area contributed by atoms with Gasteiger partial charge in [0.05, 0.1) is 25.4 Å². The van der Waals surface area contributed by atoms with E-state index in [0.29, 0.717) is 6.42 Å². The van der Waals surface area contributed by atoms with Crippen molar-refractivity contribution in [3.8, 4) is 0 Å². The molecule has 0 saturated carbocycles. The van der Waals surface area contributed by atoms with E-state index in [1.165, 1.54) is 231 Å². The van der Waals surface area contributed by atoms with Crippen LogP contribution < -0.4 is 5.32 Å². The van der Waals surface area contributed by atoms with Gasteiger partial charge < -0.3 is 40.3 Å². The first-order valence-corrected chi connectivity index (χ1v) is 35.3. The fraction of sp³-hybridized carbons (Fsp3) is 0.797. The molecule has 1 aliphatic rings. The summed E-state index contributed by atoms with van der Waals surface area (Å²) < 4.78 is 11.3. The fourth-order valence-electron chi connectivity index (χ4n) is 11.0. The van der Waals surface area contributed by atoms with E-state index in [9.17, 15) is 30.3 Å². The molecule has 0 spiro atoms. The third kappa shape index (κ3) is 51.2. The smallest absolute Gasteiger partial charge is 0.220 e. The van der Waals surface area contributed by atoms with Gasteiger partial charge in [0.25, 0.3) is 0 Å². The SMILES string of the molecule is CC/C=C\C/C=C\C/C=C\C/C=C\C/C=C\CCCCCCCCCCCCCCCCCC(=O)NC(COC1OC(CO)C(O)C(O)C1O)C(O)/C=C/CC/C=C/CCCCCCCCCCCCCCCCCCCCCCCCC. The van der Waals surface area contributed by atoms with Gasteiger partial charge in [-0.2, -0.15) is 0 Å². The molecule has 1 amide bonds. The molecule has 6 N–H and O–H groups in total. The lowest BCUT2D eigenvalue weighted by Crippen LogP contribution is -2.60. The second-order valence-corrected chi connectivity index (χ2v) is 24.3. The van der Waals surface area contributed by atoms with Crippen molar-refractivity contribution in [3.05, 3.63) is 85.1 Å². The van der Waals surface area contributed by atoms with Crippen molar-refractivity contribution in [1.82, 2.24) is 5.32 Å². The number of unbranched alkanes of at least 4 members (excludes halogenated alkanes) is 39. The Morgan fingerprint density at radius 2 is 0.759 bits per heavy atom. The third-order valence-corrected chi connectivity index (χ3v) is 16.5. The molecule has 83 heavy (non-hydrogen) atoms. The Bertz CT molecular complexity index is 1590. The molecule has 0 radical (unpaired) electrons. The van der Waals surface area contributed by atoms with E-state index in [0.717, 1.165) is 70.6 Å². The topological polar surface area (TPSA) is 149 Å². The van der Waals surface area contributed by atoms with Crippen molar-refractivity contribution in [3.63, 3.8) is 0 Å². The van der Waals surface area contributed by atoms with Crippen LogP contribution in [0.4, 0.5) is 0 Å². The predicted octanol–water partition coefficient (Wildman–Crippen LogP) is 19.3. The van der Waals surface area contributed by atoms with Gasteiger partial charge in [0.2, 0.25) is 5.91 Å². The molecular formula is C74H133NO8. The summed E-state index contributed by atoms with van der Waals surface area (Å²) in [7, 11) is 0. The zero-order valence-electron chi connectivity index (χ0n) is 53.9. The number of hydrogen-bond donors (Lipinski definition) is 6. The molecule has 0 aromatic rings. The molecule has 9 heteroatoms. The van der Waals surface area contributed by atoms with Crippen LogP contribution in [0.1, 0.15) is 322 Å². The summed E-state index contributed by atoms with van der Waals surface area (Å²) >= 11 is 0. The quantitative estimate of drug-likeness (QED) is 0.0261. The lowest BCUT2D eigenvalue weighted by atomic mass is 9.99. The normalized spacial score (nSPS) is 18.8. The Balaban J connectivity index is 2.15. The van der Waals surface area contributed by atoms with Gasteiger partial charge in [-0.05, 0) is 77.0 Å². The van der Waals surface area contributed by atoms with Gasteiger partial charge >= 0.3 is 0 Å². The average molecular weight is 1160 g/mol. The van der Waals surface area contributed by atoms with E-state index in [-0.39, 0.29) is 12.5 Å². The van der Waals surface area contributed by atoms with E-state index < -0.39 is 49.5 Å². The monoisotopic (exact) mass is 1160 g/mol. The van der Waals surface area contributed by atoms with E-state index >= 15 is 0 Å². The van der Waals surface area contributed by atoms with Crippen molar-refractivity contribution < 1.29 is 39.8 Å². The number of hydrogen-bond acceptors (Lipinski definition) is 8. The fourth-order valence-corrected chi connectivity index (χ4v) is 11.0. The molecule has 0 bridgehead atoms. The lowest BCUT2D eigenvalue weighted by molar-refractivity contribution is -0.302. The van der Waals surface area contributed by atoms with Crippen LogP contribution >= 0.6 is 0 Å². The number of amides is 1. The molecule has 0 aromatic heterocycles. The second-order valence-electron chi connectivity index (χ2n) is 24.3. The molecule has 1 fully saturated rings. The minimum Gasteiger partial charge on any atom is -0.394 e. The average Bonchev–Trinajstić information content (AvgIpc) is 3.61. The molecular weight excluding hydrogens is 1030 g/mol. The predicted molar refractivity (Wildman–Crippen MR) is 355 cm³/mol. The van der Waals surface area contributed by atoms with Gasteiger partial charge in [0, 0.05) is 6.42 Å². The summed E-state index contributed by atoms with van der Waals surface area (Å²) in [5.41, 5.74) is 0. The maximum absolute atomic E-state index is 13.1. The number of nitrogens with one attached hydrogen (secondary N) is 1. The van der Waals surface area contributed by atoms with Crippen LogP contribution in [0.15, 0.2) is 85.1 Å². The maximum atomic E-state index is 13.1. The molecule has 1 heterocycles. The first kappa shape index (κ1) is 78.4. The van der Waals surface area contributed by atoms with Crippen LogP contribution in [0.25, 0.3) is 0 Å². The Morgan fingerprint density at radius 1 is 0.422 bits per heavy atom. The number of aliphatic hydroxyl groups is 5. The Hall–Kier alpha value is -2.63. The summed E-state index contributed by atoms with van der Waals surface area (Å²) in [6.45, 7) is 3.69. The number of aliphatic hydroxyl groups excluding tert-OH is 5. The Labute approximate surface area is 511 Å². The van der Waals surface area contributed by atoms with Crippen molar-refractivity contribution in [2.24, 2.45) is 0 Å². The van der Waals surface area contributed by atoms with Gasteiger partial charge in [-0.1, -0.05) is 324 Å². The zero-order valence-corrected chi connectivity index (χ0v) is 53.9. The van der Waals surface area contributed by atoms with Crippen molar-refractivity contribution in [1.29, 1.82) is 0 Å². The van der Waals surface area contributed by atoms with Crippen LogP contribution in [0.2, 0.25) is 0 Å². The zero-order chi connectivity index (χ0) is 60.0. The summed E-state index contributed by atoms with van der Waals surface area (Å²) in [6.07, 6.45) is 82.6. The highest BCUT2D eigenvalue weighted by Crippen LogP contribution is 2.23. The van der Waals surface area contributed by atoms with Crippen molar-refractivity contribution in [2.45, 2.75) is 365 Å². The van der Waals surface area contributed by atoms with Crippen LogP contribution in [0.5, 0.6) is 0 Å². The van der Waals surface area contributed by atoms with Crippen LogP contribution in [0, 0.1) is 0 Å². The standard InChI is InChI=1S/C74H133NO8/c1-3-5-7-9-11-13-15-17-19-21-23-25-27-29-31-33-34-36-38-40-42-44-46-48-50-52-54-56-58-60-62-64-70(78)75-67(66-82-74-73(81)72(80)71(79)69(65-76)83-74)68(77)63-61-59-57-55-53-51-49-47-45-43-41-39-37-35-32-30-28-26-24-22-20-18-16-14-12-10-8-6-4-2/h5,7,11,13,17,19,23,25,29,31,53,55,61,63,67-69,71-74,76-77,79-81H,3-4,6,8-10,12,14-16,18,20-22,24,26-28,30,32-52,54,56-60,62,64-66H2,1-2H3,(H,75,78)/b7-5-,13-11-,19-17-,25-23-,31-29-,55-53+,63-61+. The molecule has 7 unspecified atom stereocenters. The summed E-state index contributed by atoms with van der Waals surface area (Å²) in [5.74, 6) is -0.185. The van der Waals surface area contributed by atoms with Crippen LogP contribution in [-0.4, -0.2) is 87.5 Å². The number of ether oxygens (including phenoxy) is 2. The van der Waals surface area contributed by atoms with E-state index in [4.69, 9.17) is 9.47 Å². The number of carbonyl (C=O) groups is 1. The van der Waals surface area contributed by atoms with Gasteiger partial charge in [-0.25, -0.2) is 0 Å². The lowest BCUT2D eigenvalue weighted by Gasteiger charge is -2.40. The largest absolute Gasteiger partial charge is 0.394 e. The minimum atomic E-state index is -1.58. The van der Waals surface area contributed by atoms with Gasteiger partial charge in [0.1, 0.15) is 24.4 Å². The van der Waals surface area contributed by atoms with Crippen molar-refractivity contribution in [2.75, 3.05) is 13.2 Å².